The predicted molar refractivity (Wildman–Crippen MR) is 72.7 cm³/mol. The zero-order chi connectivity index (χ0) is 13.7. The molecule has 1 heterocycles. The second-order valence-electron chi connectivity index (χ2n) is 4.50. The molecule has 1 aliphatic rings. The Morgan fingerprint density at radius 1 is 1.58 bits per heavy atom. The van der Waals surface area contributed by atoms with Gasteiger partial charge in [-0.2, -0.15) is 0 Å². The molecule has 1 aromatic carbocycles. The summed E-state index contributed by atoms with van der Waals surface area (Å²) in [7, 11) is 0. The Hall–Kier alpha value is -1.83. The first-order valence-corrected chi connectivity index (χ1v) is 6.33. The molecule has 0 bridgehead atoms. The number of carbonyl (C=O) groups is 1. The second kappa shape index (κ2) is 6.37. The molecule has 2 rings (SSSR count). The molecule has 19 heavy (non-hydrogen) atoms. The lowest BCUT2D eigenvalue weighted by Gasteiger charge is -2.12. The largest absolute Gasteiger partial charge is 0.384 e. The Bertz CT molecular complexity index is 522. The van der Waals surface area contributed by atoms with Crippen LogP contribution in [-0.2, 0) is 9.53 Å². The molecule has 1 unspecified atom stereocenters. The standard InChI is InChI=1S/C15H17NO3/c1-11-6-7-12(4-2-8-17)13(10-11)16-15(18)14-5-3-9-19-14/h6-7,10,14,17H,3,5,8-9H2,1H3,(H,16,18). The van der Waals surface area contributed by atoms with Crippen LogP contribution in [0.25, 0.3) is 0 Å². The summed E-state index contributed by atoms with van der Waals surface area (Å²) in [6, 6.07) is 5.63. The first-order chi connectivity index (χ1) is 9.20. The van der Waals surface area contributed by atoms with Gasteiger partial charge in [-0.05, 0) is 37.5 Å². The van der Waals surface area contributed by atoms with Crippen LogP contribution >= 0.6 is 0 Å². The van der Waals surface area contributed by atoms with Crippen molar-refractivity contribution in [2.24, 2.45) is 0 Å². The van der Waals surface area contributed by atoms with Crippen LogP contribution in [0.1, 0.15) is 24.0 Å². The number of amides is 1. The monoisotopic (exact) mass is 259 g/mol. The maximum atomic E-state index is 12.0. The average molecular weight is 259 g/mol. The van der Waals surface area contributed by atoms with E-state index in [1.54, 1.807) is 0 Å². The van der Waals surface area contributed by atoms with E-state index in [1.807, 2.05) is 25.1 Å². The summed E-state index contributed by atoms with van der Waals surface area (Å²) in [6.45, 7) is 2.39. The molecule has 1 aliphatic heterocycles. The number of carbonyl (C=O) groups excluding carboxylic acids is 1. The molecule has 0 aromatic heterocycles. The molecule has 1 aromatic rings. The van der Waals surface area contributed by atoms with E-state index in [-0.39, 0.29) is 18.6 Å². The summed E-state index contributed by atoms with van der Waals surface area (Å²) >= 11 is 0. The normalized spacial score (nSPS) is 17.7. The summed E-state index contributed by atoms with van der Waals surface area (Å²) in [5.41, 5.74) is 2.41. The van der Waals surface area contributed by atoms with Gasteiger partial charge in [0.25, 0.3) is 5.91 Å². The summed E-state index contributed by atoms with van der Waals surface area (Å²) in [4.78, 5) is 12.0. The lowest BCUT2D eigenvalue weighted by molar-refractivity contribution is -0.124. The smallest absolute Gasteiger partial charge is 0.253 e. The average Bonchev–Trinajstić information content (AvgIpc) is 2.92. The molecular formula is C15H17NO3. The third-order valence-electron chi connectivity index (χ3n) is 2.96. The van der Waals surface area contributed by atoms with Gasteiger partial charge in [-0.25, -0.2) is 0 Å². The molecule has 4 nitrogen and oxygen atoms in total. The van der Waals surface area contributed by atoms with Gasteiger partial charge in [0.1, 0.15) is 12.7 Å². The van der Waals surface area contributed by atoms with E-state index in [4.69, 9.17) is 9.84 Å². The Balaban J connectivity index is 2.17. The molecular weight excluding hydrogens is 242 g/mol. The number of hydrogen-bond donors (Lipinski definition) is 2. The molecule has 100 valence electrons. The summed E-state index contributed by atoms with van der Waals surface area (Å²) in [6.07, 6.45) is 1.32. The first-order valence-electron chi connectivity index (χ1n) is 6.33. The van der Waals surface area contributed by atoms with Crippen LogP contribution in [-0.4, -0.2) is 30.3 Å². The molecule has 1 fully saturated rings. The van der Waals surface area contributed by atoms with Gasteiger partial charge in [0.15, 0.2) is 0 Å². The molecule has 2 N–H and O–H groups in total. The lowest BCUT2D eigenvalue weighted by atomic mass is 10.1. The number of benzene rings is 1. The lowest BCUT2D eigenvalue weighted by Crippen LogP contribution is -2.27. The summed E-state index contributed by atoms with van der Waals surface area (Å²) < 4.78 is 5.35. The minimum Gasteiger partial charge on any atom is -0.384 e. The van der Waals surface area contributed by atoms with E-state index in [0.717, 1.165) is 18.4 Å². The van der Waals surface area contributed by atoms with Crippen molar-refractivity contribution in [1.82, 2.24) is 0 Å². The van der Waals surface area contributed by atoms with Gasteiger partial charge in [-0.15, -0.1) is 0 Å². The molecule has 0 saturated carbocycles. The quantitative estimate of drug-likeness (QED) is 0.790. The van der Waals surface area contributed by atoms with Crippen LogP contribution in [0.2, 0.25) is 0 Å². The number of hydrogen-bond acceptors (Lipinski definition) is 3. The Kier molecular flexibility index (Phi) is 4.56. The van der Waals surface area contributed by atoms with Gasteiger partial charge in [0, 0.05) is 12.2 Å². The topological polar surface area (TPSA) is 58.6 Å². The highest BCUT2D eigenvalue weighted by molar-refractivity contribution is 5.95. The van der Waals surface area contributed by atoms with Crippen LogP contribution in [0.3, 0.4) is 0 Å². The van der Waals surface area contributed by atoms with Gasteiger partial charge < -0.3 is 15.2 Å². The van der Waals surface area contributed by atoms with E-state index in [1.165, 1.54) is 0 Å². The number of ether oxygens (including phenoxy) is 1. The van der Waals surface area contributed by atoms with E-state index in [9.17, 15) is 4.79 Å². The highest BCUT2D eigenvalue weighted by Crippen LogP contribution is 2.19. The maximum Gasteiger partial charge on any atom is 0.253 e. The molecule has 0 radical (unpaired) electrons. The Morgan fingerprint density at radius 3 is 3.11 bits per heavy atom. The van der Waals surface area contributed by atoms with Crippen molar-refractivity contribution in [3.63, 3.8) is 0 Å². The number of aryl methyl sites for hydroxylation is 1. The van der Waals surface area contributed by atoms with Crippen molar-refractivity contribution in [3.05, 3.63) is 29.3 Å². The van der Waals surface area contributed by atoms with Gasteiger partial charge in [-0.3, -0.25) is 4.79 Å². The zero-order valence-electron chi connectivity index (χ0n) is 10.9. The third kappa shape index (κ3) is 3.57. The van der Waals surface area contributed by atoms with E-state index in [0.29, 0.717) is 17.9 Å². The molecule has 1 saturated heterocycles. The van der Waals surface area contributed by atoms with E-state index in [2.05, 4.69) is 17.2 Å². The zero-order valence-corrected chi connectivity index (χ0v) is 10.9. The van der Waals surface area contributed by atoms with Gasteiger partial charge in [0.2, 0.25) is 0 Å². The molecule has 1 atom stereocenters. The first kappa shape index (κ1) is 13.6. The van der Waals surface area contributed by atoms with Crippen molar-refractivity contribution < 1.29 is 14.6 Å². The van der Waals surface area contributed by atoms with Crippen LogP contribution in [0.4, 0.5) is 5.69 Å². The fraction of sp³-hybridized carbons (Fsp3) is 0.400. The molecule has 1 amide bonds. The van der Waals surface area contributed by atoms with Crippen LogP contribution in [0, 0.1) is 18.8 Å². The summed E-state index contributed by atoms with van der Waals surface area (Å²) in [5, 5.41) is 11.6. The van der Waals surface area contributed by atoms with E-state index >= 15 is 0 Å². The highest BCUT2D eigenvalue weighted by Gasteiger charge is 2.23. The summed E-state index contributed by atoms with van der Waals surface area (Å²) in [5.74, 6) is 5.29. The fourth-order valence-corrected chi connectivity index (χ4v) is 2.00. The molecule has 4 heteroatoms. The van der Waals surface area contributed by atoms with Crippen molar-refractivity contribution in [2.45, 2.75) is 25.9 Å². The van der Waals surface area contributed by atoms with Crippen LogP contribution in [0.15, 0.2) is 18.2 Å². The van der Waals surface area contributed by atoms with Crippen molar-refractivity contribution in [1.29, 1.82) is 0 Å². The minimum atomic E-state index is -0.362. The number of aliphatic hydroxyl groups is 1. The molecule has 0 aliphatic carbocycles. The number of rotatable bonds is 2. The predicted octanol–water partition coefficient (Wildman–Crippen LogP) is 1.46. The van der Waals surface area contributed by atoms with Crippen LogP contribution < -0.4 is 5.32 Å². The number of aliphatic hydroxyl groups excluding tert-OH is 1. The fourth-order valence-electron chi connectivity index (χ4n) is 2.00. The minimum absolute atomic E-state index is 0.129. The number of anilines is 1. The van der Waals surface area contributed by atoms with Gasteiger partial charge >= 0.3 is 0 Å². The maximum absolute atomic E-state index is 12.0. The Morgan fingerprint density at radius 2 is 2.42 bits per heavy atom. The van der Waals surface area contributed by atoms with Crippen molar-refractivity contribution in [2.75, 3.05) is 18.5 Å². The third-order valence-corrected chi connectivity index (χ3v) is 2.96. The van der Waals surface area contributed by atoms with Crippen LogP contribution in [0.5, 0.6) is 0 Å². The second-order valence-corrected chi connectivity index (χ2v) is 4.50. The SMILES string of the molecule is Cc1ccc(C#CCO)c(NC(=O)C2CCCO2)c1. The highest BCUT2D eigenvalue weighted by atomic mass is 16.5. The van der Waals surface area contributed by atoms with E-state index < -0.39 is 0 Å². The van der Waals surface area contributed by atoms with Gasteiger partial charge in [-0.1, -0.05) is 17.9 Å². The van der Waals surface area contributed by atoms with Crippen molar-refractivity contribution in [3.8, 4) is 11.8 Å². The Labute approximate surface area is 112 Å². The molecule has 0 spiro atoms. The number of nitrogens with one attached hydrogen (secondary N) is 1. The van der Waals surface area contributed by atoms with Crippen molar-refractivity contribution >= 4 is 11.6 Å². The van der Waals surface area contributed by atoms with Gasteiger partial charge in [0.05, 0.1) is 5.69 Å².